The SMILES string of the molecule is CCCNCc1ccc(F)c(CN(CC(C)C)C(C)C)c1. The molecule has 0 spiro atoms. The molecule has 21 heavy (non-hydrogen) atoms. The van der Waals surface area contributed by atoms with E-state index in [-0.39, 0.29) is 5.82 Å². The average molecular weight is 294 g/mol. The van der Waals surface area contributed by atoms with Crippen LogP contribution in [0.3, 0.4) is 0 Å². The van der Waals surface area contributed by atoms with Crippen molar-refractivity contribution in [3.05, 3.63) is 35.1 Å². The zero-order valence-corrected chi connectivity index (χ0v) is 14.2. The van der Waals surface area contributed by atoms with Gasteiger partial charge in [0.25, 0.3) is 0 Å². The number of halogens is 1. The molecular weight excluding hydrogens is 263 g/mol. The molecule has 1 rings (SSSR count). The summed E-state index contributed by atoms with van der Waals surface area (Å²) in [7, 11) is 0. The molecule has 0 fully saturated rings. The normalized spacial score (nSPS) is 11.9. The third kappa shape index (κ3) is 6.58. The van der Waals surface area contributed by atoms with E-state index in [1.807, 2.05) is 12.1 Å². The predicted molar refractivity (Wildman–Crippen MR) is 88.8 cm³/mol. The molecule has 0 unspecified atom stereocenters. The molecule has 1 aromatic rings. The monoisotopic (exact) mass is 294 g/mol. The molecule has 120 valence electrons. The summed E-state index contributed by atoms with van der Waals surface area (Å²) in [6.45, 7) is 14.4. The van der Waals surface area contributed by atoms with Crippen molar-refractivity contribution >= 4 is 0 Å². The van der Waals surface area contributed by atoms with E-state index in [1.165, 1.54) is 0 Å². The fourth-order valence-electron chi connectivity index (χ4n) is 2.41. The van der Waals surface area contributed by atoms with Crippen molar-refractivity contribution in [2.45, 2.75) is 60.2 Å². The van der Waals surface area contributed by atoms with Crippen LogP contribution in [0.15, 0.2) is 18.2 Å². The van der Waals surface area contributed by atoms with Crippen molar-refractivity contribution in [2.24, 2.45) is 5.92 Å². The highest BCUT2D eigenvalue weighted by Crippen LogP contribution is 2.16. The minimum atomic E-state index is -0.0938. The second-order valence-corrected chi connectivity index (χ2v) is 6.52. The van der Waals surface area contributed by atoms with E-state index in [2.05, 4.69) is 44.8 Å². The molecule has 0 aliphatic carbocycles. The number of benzene rings is 1. The summed E-state index contributed by atoms with van der Waals surface area (Å²) in [6.07, 6.45) is 1.11. The first-order valence-electron chi connectivity index (χ1n) is 8.16. The van der Waals surface area contributed by atoms with Crippen molar-refractivity contribution in [3.8, 4) is 0 Å². The summed E-state index contributed by atoms with van der Waals surface area (Å²) in [5, 5.41) is 3.37. The van der Waals surface area contributed by atoms with Gasteiger partial charge in [0, 0.05) is 31.2 Å². The van der Waals surface area contributed by atoms with E-state index in [9.17, 15) is 4.39 Å². The van der Waals surface area contributed by atoms with Gasteiger partial charge < -0.3 is 5.32 Å². The van der Waals surface area contributed by atoms with Crippen LogP contribution >= 0.6 is 0 Å². The first-order valence-corrected chi connectivity index (χ1v) is 8.16. The lowest BCUT2D eigenvalue weighted by molar-refractivity contribution is 0.187. The third-order valence-electron chi connectivity index (χ3n) is 3.57. The van der Waals surface area contributed by atoms with Gasteiger partial charge in [-0.05, 0) is 44.4 Å². The van der Waals surface area contributed by atoms with Gasteiger partial charge in [-0.2, -0.15) is 0 Å². The van der Waals surface area contributed by atoms with Crippen LogP contribution in [0, 0.1) is 11.7 Å². The van der Waals surface area contributed by atoms with E-state index in [1.54, 1.807) is 6.07 Å². The first kappa shape index (κ1) is 18.1. The van der Waals surface area contributed by atoms with Gasteiger partial charge in [-0.15, -0.1) is 0 Å². The summed E-state index contributed by atoms with van der Waals surface area (Å²) >= 11 is 0. The Bertz CT molecular complexity index is 416. The highest BCUT2D eigenvalue weighted by atomic mass is 19.1. The maximum absolute atomic E-state index is 14.1. The molecule has 0 bridgehead atoms. The Kier molecular flexibility index (Phi) is 7.91. The molecule has 0 heterocycles. The van der Waals surface area contributed by atoms with Gasteiger partial charge >= 0.3 is 0 Å². The van der Waals surface area contributed by atoms with Crippen LogP contribution in [0.5, 0.6) is 0 Å². The molecule has 1 N–H and O–H groups in total. The topological polar surface area (TPSA) is 15.3 Å². The van der Waals surface area contributed by atoms with E-state index >= 15 is 0 Å². The average Bonchev–Trinajstić information content (AvgIpc) is 2.41. The minimum Gasteiger partial charge on any atom is -0.313 e. The number of hydrogen-bond donors (Lipinski definition) is 1. The second-order valence-electron chi connectivity index (χ2n) is 6.52. The molecule has 2 nitrogen and oxygen atoms in total. The predicted octanol–water partition coefficient (Wildman–Crippen LogP) is 4.19. The van der Waals surface area contributed by atoms with Crippen molar-refractivity contribution in [1.29, 1.82) is 0 Å². The van der Waals surface area contributed by atoms with Crippen molar-refractivity contribution in [3.63, 3.8) is 0 Å². The fourth-order valence-corrected chi connectivity index (χ4v) is 2.41. The van der Waals surface area contributed by atoms with E-state index in [0.29, 0.717) is 18.5 Å². The summed E-state index contributed by atoms with van der Waals surface area (Å²) in [5.74, 6) is 0.494. The third-order valence-corrected chi connectivity index (χ3v) is 3.57. The minimum absolute atomic E-state index is 0.0938. The maximum Gasteiger partial charge on any atom is 0.127 e. The molecule has 3 heteroatoms. The first-order chi connectivity index (χ1) is 9.93. The Morgan fingerprint density at radius 2 is 1.90 bits per heavy atom. The van der Waals surface area contributed by atoms with E-state index in [4.69, 9.17) is 0 Å². The largest absolute Gasteiger partial charge is 0.313 e. The molecule has 0 saturated heterocycles. The summed E-state index contributed by atoms with van der Waals surface area (Å²) in [4.78, 5) is 2.34. The van der Waals surface area contributed by atoms with Crippen LogP contribution in [0.1, 0.15) is 52.2 Å². The lowest BCUT2D eigenvalue weighted by atomic mass is 10.1. The van der Waals surface area contributed by atoms with Crippen LogP contribution in [-0.4, -0.2) is 24.0 Å². The molecule has 0 atom stereocenters. The van der Waals surface area contributed by atoms with Gasteiger partial charge in [0.15, 0.2) is 0 Å². The highest BCUT2D eigenvalue weighted by molar-refractivity contribution is 5.25. The smallest absolute Gasteiger partial charge is 0.127 e. The molecule has 0 radical (unpaired) electrons. The number of rotatable bonds is 9. The lowest BCUT2D eigenvalue weighted by Gasteiger charge is -2.28. The Labute approximate surface area is 129 Å². The van der Waals surface area contributed by atoms with Crippen LogP contribution in [0.4, 0.5) is 4.39 Å². The van der Waals surface area contributed by atoms with Gasteiger partial charge in [-0.1, -0.05) is 32.9 Å². The molecule has 0 aromatic heterocycles. The van der Waals surface area contributed by atoms with Crippen molar-refractivity contribution < 1.29 is 4.39 Å². The molecule has 0 saturated carbocycles. The van der Waals surface area contributed by atoms with Gasteiger partial charge in [0.05, 0.1) is 0 Å². The van der Waals surface area contributed by atoms with Crippen LogP contribution < -0.4 is 5.32 Å². The zero-order chi connectivity index (χ0) is 15.8. The van der Waals surface area contributed by atoms with E-state index in [0.717, 1.165) is 37.2 Å². The lowest BCUT2D eigenvalue weighted by Crippen LogP contribution is -2.34. The van der Waals surface area contributed by atoms with Crippen molar-refractivity contribution in [2.75, 3.05) is 13.1 Å². The molecule has 0 aliphatic rings. The highest BCUT2D eigenvalue weighted by Gasteiger charge is 2.14. The van der Waals surface area contributed by atoms with Crippen LogP contribution in [-0.2, 0) is 13.1 Å². The van der Waals surface area contributed by atoms with Gasteiger partial charge in [0.1, 0.15) is 5.82 Å². The molecular formula is C18H31FN2. The van der Waals surface area contributed by atoms with Gasteiger partial charge in [-0.3, -0.25) is 4.90 Å². The Hall–Kier alpha value is -0.930. The van der Waals surface area contributed by atoms with Crippen molar-refractivity contribution in [1.82, 2.24) is 10.2 Å². The van der Waals surface area contributed by atoms with Crippen LogP contribution in [0.25, 0.3) is 0 Å². The Balaban J connectivity index is 2.77. The molecule has 0 amide bonds. The summed E-state index contributed by atoms with van der Waals surface area (Å²) < 4.78 is 14.1. The van der Waals surface area contributed by atoms with Gasteiger partial charge in [-0.25, -0.2) is 4.39 Å². The zero-order valence-electron chi connectivity index (χ0n) is 14.2. The molecule has 0 aliphatic heterocycles. The standard InChI is InChI=1S/C18H31FN2/c1-6-9-20-11-16-7-8-18(19)17(10-16)13-21(15(4)5)12-14(2)3/h7-8,10,14-15,20H,6,9,11-13H2,1-5H3. The quantitative estimate of drug-likeness (QED) is 0.687. The summed E-state index contributed by atoms with van der Waals surface area (Å²) in [6, 6.07) is 5.91. The second kappa shape index (κ2) is 9.16. The maximum atomic E-state index is 14.1. The van der Waals surface area contributed by atoms with Gasteiger partial charge in [0.2, 0.25) is 0 Å². The number of hydrogen-bond acceptors (Lipinski definition) is 2. The Morgan fingerprint density at radius 1 is 1.19 bits per heavy atom. The Morgan fingerprint density at radius 3 is 2.48 bits per heavy atom. The fraction of sp³-hybridized carbons (Fsp3) is 0.667. The van der Waals surface area contributed by atoms with E-state index < -0.39 is 0 Å². The summed E-state index contributed by atoms with van der Waals surface area (Å²) in [5.41, 5.74) is 1.97. The molecule has 1 aromatic carbocycles. The number of nitrogens with zero attached hydrogens (tertiary/aromatic N) is 1. The number of nitrogens with one attached hydrogen (secondary N) is 1. The van der Waals surface area contributed by atoms with Crippen LogP contribution in [0.2, 0.25) is 0 Å².